The molecule has 0 saturated heterocycles. The quantitative estimate of drug-likeness (QED) is 0.778. The van der Waals surface area contributed by atoms with E-state index in [1.807, 2.05) is 13.8 Å². The summed E-state index contributed by atoms with van der Waals surface area (Å²) in [6, 6.07) is 6.81. The highest BCUT2D eigenvalue weighted by molar-refractivity contribution is 5.96. The summed E-state index contributed by atoms with van der Waals surface area (Å²) in [4.78, 5) is 35.1. The van der Waals surface area contributed by atoms with E-state index in [4.69, 9.17) is 0 Å². The van der Waals surface area contributed by atoms with Gasteiger partial charge in [0, 0.05) is 22.7 Å². The predicted octanol–water partition coefficient (Wildman–Crippen LogP) is 2.38. The maximum absolute atomic E-state index is 11.8. The highest BCUT2D eigenvalue weighted by Gasteiger charge is 2.21. The van der Waals surface area contributed by atoms with E-state index in [0.717, 1.165) is 0 Å². The van der Waals surface area contributed by atoms with Crippen LogP contribution in [0.5, 0.6) is 0 Å². The molecule has 0 heterocycles. The van der Waals surface area contributed by atoms with Gasteiger partial charge >= 0.3 is 0 Å². The molecule has 23 heavy (non-hydrogen) atoms. The highest BCUT2D eigenvalue weighted by Crippen LogP contribution is 2.15. The predicted molar refractivity (Wildman–Crippen MR) is 91.0 cm³/mol. The lowest BCUT2D eigenvalue weighted by Gasteiger charge is -2.17. The maximum atomic E-state index is 11.8. The molecule has 0 unspecified atom stereocenters. The monoisotopic (exact) mass is 319 g/mol. The molecule has 0 aliphatic rings. The van der Waals surface area contributed by atoms with E-state index in [0.29, 0.717) is 11.4 Å². The summed E-state index contributed by atoms with van der Waals surface area (Å²) in [7, 11) is 0. The minimum Gasteiger partial charge on any atom is -0.347 e. The van der Waals surface area contributed by atoms with Crippen LogP contribution in [0.3, 0.4) is 0 Å². The summed E-state index contributed by atoms with van der Waals surface area (Å²) in [5, 5.41) is 8.04. The molecule has 3 amide bonds. The number of nitrogens with one attached hydrogen (secondary N) is 3. The van der Waals surface area contributed by atoms with Crippen LogP contribution in [-0.4, -0.2) is 24.3 Å². The molecule has 6 heteroatoms. The van der Waals surface area contributed by atoms with Crippen molar-refractivity contribution in [2.24, 2.45) is 11.3 Å². The SMILES string of the molecule is CC(C)C(=O)Nc1ccc(NC(=O)CNC(=O)C(C)(C)C)cc1. The maximum Gasteiger partial charge on any atom is 0.243 e. The molecular formula is C17H25N3O3. The van der Waals surface area contributed by atoms with E-state index in [-0.39, 0.29) is 30.2 Å². The number of rotatable bonds is 5. The van der Waals surface area contributed by atoms with Crippen molar-refractivity contribution in [3.8, 4) is 0 Å². The molecule has 0 saturated carbocycles. The summed E-state index contributed by atoms with van der Waals surface area (Å²) in [5.41, 5.74) is 0.738. The zero-order chi connectivity index (χ0) is 17.6. The Kier molecular flexibility index (Phi) is 6.30. The van der Waals surface area contributed by atoms with Gasteiger partial charge in [-0.1, -0.05) is 34.6 Å². The van der Waals surface area contributed by atoms with E-state index in [1.54, 1.807) is 45.0 Å². The molecule has 0 spiro atoms. The van der Waals surface area contributed by atoms with Gasteiger partial charge < -0.3 is 16.0 Å². The number of hydrogen-bond acceptors (Lipinski definition) is 3. The van der Waals surface area contributed by atoms with Crippen LogP contribution in [-0.2, 0) is 14.4 Å². The van der Waals surface area contributed by atoms with Gasteiger partial charge in [-0.25, -0.2) is 0 Å². The van der Waals surface area contributed by atoms with Crippen LogP contribution >= 0.6 is 0 Å². The molecule has 1 rings (SSSR count). The van der Waals surface area contributed by atoms with E-state index in [9.17, 15) is 14.4 Å². The van der Waals surface area contributed by atoms with E-state index >= 15 is 0 Å². The van der Waals surface area contributed by atoms with Gasteiger partial charge in [0.1, 0.15) is 0 Å². The third kappa shape index (κ3) is 6.50. The Morgan fingerprint density at radius 2 is 1.43 bits per heavy atom. The van der Waals surface area contributed by atoms with Crippen molar-refractivity contribution in [1.82, 2.24) is 5.32 Å². The zero-order valence-electron chi connectivity index (χ0n) is 14.3. The smallest absolute Gasteiger partial charge is 0.243 e. The lowest BCUT2D eigenvalue weighted by atomic mass is 9.96. The fraction of sp³-hybridized carbons (Fsp3) is 0.471. The molecule has 0 bridgehead atoms. The normalized spacial score (nSPS) is 11.0. The summed E-state index contributed by atoms with van der Waals surface area (Å²) in [6.45, 7) is 8.90. The lowest BCUT2D eigenvalue weighted by molar-refractivity contribution is -0.130. The Morgan fingerprint density at radius 3 is 1.87 bits per heavy atom. The minimum atomic E-state index is -0.531. The molecule has 0 aromatic heterocycles. The second kappa shape index (κ2) is 7.76. The highest BCUT2D eigenvalue weighted by atomic mass is 16.2. The first kappa shape index (κ1) is 18.7. The van der Waals surface area contributed by atoms with E-state index in [2.05, 4.69) is 16.0 Å². The number of amides is 3. The third-order valence-electron chi connectivity index (χ3n) is 3.05. The molecule has 0 radical (unpaired) electrons. The van der Waals surface area contributed by atoms with Gasteiger partial charge in [-0.3, -0.25) is 14.4 Å². The topological polar surface area (TPSA) is 87.3 Å². The third-order valence-corrected chi connectivity index (χ3v) is 3.05. The largest absolute Gasteiger partial charge is 0.347 e. The standard InChI is InChI=1S/C17H25N3O3/c1-11(2)15(22)20-13-8-6-12(7-9-13)19-14(21)10-18-16(23)17(3,4)5/h6-9,11H,10H2,1-5H3,(H,18,23)(H,19,21)(H,20,22). The fourth-order valence-corrected chi connectivity index (χ4v) is 1.55. The Bertz CT molecular complexity index is 572. The van der Waals surface area contributed by atoms with Gasteiger partial charge in [-0.15, -0.1) is 0 Å². The van der Waals surface area contributed by atoms with Crippen LogP contribution < -0.4 is 16.0 Å². The first-order valence-corrected chi connectivity index (χ1v) is 7.58. The lowest BCUT2D eigenvalue weighted by Crippen LogP contribution is -2.39. The fourth-order valence-electron chi connectivity index (χ4n) is 1.55. The summed E-state index contributed by atoms with van der Waals surface area (Å²) in [6.07, 6.45) is 0. The summed E-state index contributed by atoms with van der Waals surface area (Å²) >= 11 is 0. The van der Waals surface area contributed by atoms with Crippen molar-refractivity contribution >= 4 is 29.1 Å². The van der Waals surface area contributed by atoms with Gasteiger partial charge in [-0.05, 0) is 24.3 Å². The Balaban J connectivity index is 2.50. The molecule has 0 aliphatic carbocycles. The summed E-state index contributed by atoms with van der Waals surface area (Å²) in [5.74, 6) is -0.645. The number of anilines is 2. The zero-order valence-corrected chi connectivity index (χ0v) is 14.3. The number of hydrogen-bond donors (Lipinski definition) is 3. The van der Waals surface area contributed by atoms with Crippen LogP contribution in [0.1, 0.15) is 34.6 Å². The molecule has 1 aromatic carbocycles. The van der Waals surface area contributed by atoms with Crippen molar-refractivity contribution in [2.45, 2.75) is 34.6 Å². The molecular weight excluding hydrogens is 294 g/mol. The average Bonchev–Trinajstić information content (AvgIpc) is 2.45. The van der Waals surface area contributed by atoms with Crippen molar-refractivity contribution in [3.63, 3.8) is 0 Å². The Hall–Kier alpha value is -2.37. The Morgan fingerprint density at radius 1 is 0.957 bits per heavy atom. The van der Waals surface area contributed by atoms with Crippen LogP contribution in [0, 0.1) is 11.3 Å². The van der Waals surface area contributed by atoms with Gasteiger partial charge in [0.15, 0.2) is 0 Å². The number of benzene rings is 1. The van der Waals surface area contributed by atoms with Gasteiger partial charge in [-0.2, -0.15) is 0 Å². The first-order chi connectivity index (χ1) is 10.6. The molecule has 1 aromatic rings. The van der Waals surface area contributed by atoms with Gasteiger partial charge in [0.05, 0.1) is 6.54 Å². The second-order valence-electron chi connectivity index (χ2n) is 6.70. The molecule has 0 aliphatic heterocycles. The van der Waals surface area contributed by atoms with Gasteiger partial charge in [0.25, 0.3) is 0 Å². The molecule has 0 fully saturated rings. The molecule has 6 nitrogen and oxygen atoms in total. The Labute approximate surface area is 137 Å². The summed E-state index contributed by atoms with van der Waals surface area (Å²) < 4.78 is 0. The molecule has 3 N–H and O–H groups in total. The number of carbonyl (C=O) groups excluding carboxylic acids is 3. The van der Waals surface area contributed by atoms with Gasteiger partial charge in [0.2, 0.25) is 17.7 Å². The number of carbonyl (C=O) groups is 3. The van der Waals surface area contributed by atoms with Crippen molar-refractivity contribution in [1.29, 1.82) is 0 Å². The molecule has 126 valence electrons. The van der Waals surface area contributed by atoms with Crippen molar-refractivity contribution in [3.05, 3.63) is 24.3 Å². The van der Waals surface area contributed by atoms with Crippen LogP contribution in [0.25, 0.3) is 0 Å². The average molecular weight is 319 g/mol. The van der Waals surface area contributed by atoms with Crippen molar-refractivity contribution < 1.29 is 14.4 Å². The molecule has 0 atom stereocenters. The second-order valence-corrected chi connectivity index (χ2v) is 6.70. The van der Waals surface area contributed by atoms with Crippen LogP contribution in [0.4, 0.5) is 11.4 Å². The van der Waals surface area contributed by atoms with Crippen LogP contribution in [0.15, 0.2) is 24.3 Å². The minimum absolute atomic E-state index is 0.0633. The first-order valence-electron chi connectivity index (χ1n) is 7.58. The van der Waals surface area contributed by atoms with Crippen LogP contribution in [0.2, 0.25) is 0 Å². The van der Waals surface area contributed by atoms with E-state index in [1.165, 1.54) is 0 Å². The van der Waals surface area contributed by atoms with E-state index < -0.39 is 5.41 Å². The van der Waals surface area contributed by atoms with Crippen molar-refractivity contribution in [2.75, 3.05) is 17.2 Å².